The van der Waals surface area contributed by atoms with Gasteiger partial charge in [-0.25, -0.2) is 0 Å². The number of hydrogen-bond donors (Lipinski definition) is 1. The molecule has 0 saturated heterocycles. The van der Waals surface area contributed by atoms with Crippen molar-refractivity contribution in [2.24, 2.45) is 5.73 Å². The van der Waals surface area contributed by atoms with Crippen molar-refractivity contribution >= 4 is 27.3 Å². The van der Waals surface area contributed by atoms with Gasteiger partial charge in [-0.2, -0.15) is 0 Å². The summed E-state index contributed by atoms with van der Waals surface area (Å²) in [6, 6.07) is 7.95. The van der Waals surface area contributed by atoms with E-state index in [9.17, 15) is 0 Å². The van der Waals surface area contributed by atoms with Crippen molar-refractivity contribution in [3.05, 3.63) is 50.9 Å². The Labute approximate surface area is 101 Å². The normalized spacial score (nSPS) is 12.7. The van der Waals surface area contributed by atoms with Crippen LogP contribution in [-0.2, 0) is 6.42 Å². The summed E-state index contributed by atoms with van der Waals surface area (Å²) in [5.41, 5.74) is 7.15. The van der Waals surface area contributed by atoms with Gasteiger partial charge in [0, 0.05) is 33.7 Å². The Balaban J connectivity index is 2.11. The average molecular weight is 283 g/mol. The lowest BCUT2D eigenvalue weighted by molar-refractivity contribution is 0.717. The van der Waals surface area contributed by atoms with E-state index in [1.54, 1.807) is 17.5 Å². The highest BCUT2D eigenvalue weighted by atomic mass is 79.9. The Kier molecular flexibility index (Phi) is 3.51. The van der Waals surface area contributed by atoms with E-state index in [1.807, 2.05) is 29.6 Å². The summed E-state index contributed by atoms with van der Waals surface area (Å²) in [5.74, 6) is 0. The molecule has 0 saturated carbocycles. The molecule has 0 aliphatic rings. The Morgan fingerprint density at radius 2 is 2.27 bits per heavy atom. The highest BCUT2D eigenvalue weighted by molar-refractivity contribution is 9.10. The molecule has 15 heavy (non-hydrogen) atoms. The molecule has 0 spiro atoms. The van der Waals surface area contributed by atoms with Crippen LogP contribution < -0.4 is 5.73 Å². The number of nitrogens with two attached hydrogens (primary N) is 1. The zero-order chi connectivity index (χ0) is 10.7. The SMILES string of the molecule is NC(Cc1ccccn1)c1sccc1Br. The van der Waals surface area contributed by atoms with Crippen LogP contribution in [0.1, 0.15) is 16.6 Å². The molecule has 0 aliphatic heterocycles. The predicted octanol–water partition coefficient (Wildman–Crippen LogP) is 3.15. The second kappa shape index (κ2) is 4.88. The first-order valence-electron chi connectivity index (χ1n) is 4.66. The molecular formula is C11H11BrN2S. The summed E-state index contributed by atoms with van der Waals surface area (Å²) >= 11 is 5.17. The molecule has 0 aromatic carbocycles. The summed E-state index contributed by atoms with van der Waals surface area (Å²) in [5, 5.41) is 2.04. The van der Waals surface area contributed by atoms with E-state index in [2.05, 4.69) is 20.9 Å². The summed E-state index contributed by atoms with van der Waals surface area (Å²) in [6.45, 7) is 0. The molecule has 1 atom stereocenters. The number of pyridine rings is 1. The number of aromatic nitrogens is 1. The number of thiophene rings is 1. The fraction of sp³-hybridized carbons (Fsp3) is 0.182. The summed E-state index contributed by atoms with van der Waals surface area (Å²) in [7, 11) is 0. The molecule has 0 aliphatic carbocycles. The van der Waals surface area contributed by atoms with E-state index in [1.165, 1.54) is 4.88 Å². The third kappa shape index (κ3) is 2.65. The van der Waals surface area contributed by atoms with Gasteiger partial charge in [-0.1, -0.05) is 6.07 Å². The van der Waals surface area contributed by atoms with E-state index >= 15 is 0 Å². The van der Waals surface area contributed by atoms with Gasteiger partial charge in [-0.3, -0.25) is 4.98 Å². The van der Waals surface area contributed by atoms with Gasteiger partial charge in [0.2, 0.25) is 0 Å². The lowest BCUT2D eigenvalue weighted by Gasteiger charge is -2.09. The molecule has 1 unspecified atom stereocenters. The third-order valence-electron chi connectivity index (χ3n) is 2.14. The van der Waals surface area contributed by atoms with Crippen LogP contribution in [0, 0.1) is 0 Å². The Hall–Kier alpha value is -0.710. The van der Waals surface area contributed by atoms with Crippen molar-refractivity contribution in [2.45, 2.75) is 12.5 Å². The second-order valence-corrected chi connectivity index (χ2v) is 5.07. The van der Waals surface area contributed by atoms with Crippen molar-refractivity contribution in [2.75, 3.05) is 0 Å². The zero-order valence-electron chi connectivity index (χ0n) is 8.06. The minimum absolute atomic E-state index is 0.0225. The highest BCUT2D eigenvalue weighted by Crippen LogP contribution is 2.29. The van der Waals surface area contributed by atoms with E-state index in [-0.39, 0.29) is 6.04 Å². The molecule has 0 bridgehead atoms. The molecule has 2 rings (SSSR count). The standard InChI is InChI=1S/C11H11BrN2S/c12-9-4-6-15-11(9)10(13)7-8-3-1-2-5-14-8/h1-6,10H,7,13H2. The van der Waals surface area contributed by atoms with E-state index in [0.717, 1.165) is 16.6 Å². The molecule has 2 heterocycles. The maximum absolute atomic E-state index is 6.11. The van der Waals surface area contributed by atoms with Crippen LogP contribution >= 0.6 is 27.3 Å². The number of rotatable bonds is 3. The monoisotopic (exact) mass is 282 g/mol. The first kappa shape index (κ1) is 10.8. The lowest BCUT2D eigenvalue weighted by Crippen LogP contribution is -2.12. The van der Waals surface area contributed by atoms with Crippen molar-refractivity contribution in [3.63, 3.8) is 0 Å². The molecule has 2 aromatic heterocycles. The molecule has 0 radical (unpaired) electrons. The number of hydrogen-bond acceptors (Lipinski definition) is 3. The first-order chi connectivity index (χ1) is 7.27. The molecule has 0 fully saturated rings. The quantitative estimate of drug-likeness (QED) is 0.939. The van der Waals surface area contributed by atoms with Crippen LogP contribution in [0.2, 0.25) is 0 Å². The van der Waals surface area contributed by atoms with Gasteiger partial charge in [-0.15, -0.1) is 11.3 Å². The molecule has 2 N–H and O–H groups in total. The lowest BCUT2D eigenvalue weighted by atomic mass is 10.1. The van der Waals surface area contributed by atoms with Gasteiger partial charge in [0.05, 0.1) is 0 Å². The minimum atomic E-state index is 0.0225. The second-order valence-electron chi connectivity index (χ2n) is 3.26. The van der Waals surface area contributed by atoms with Crippen LogP contribution in [0.25, 0.3) is 0 Å². The van der Waals surface area contributed by atoms with Gasteiger partial charge in [-0.05, 0) is 39.5 Å². The van der Waals surface area contributed by atoms with Crippen molar-refractivity contribution in [1.29, 1.82) is 0 Å². The topological polar surface area (TPSA) is 38.9 Å². The third-order valence-corrected chi connectivity index (χ3v) is 4.14. The predicted molar refractivity (Wildman–Crippen MR) is 66.9 cm³/mol. The Bertz CT molecular complexity index is 427. The van der Waals surface area contributed by atoms with Gasteiger partial charge >= 0.3 is 0 Å². The average Bonchev–Trinajstić information content (AvgIpc) is 2.66. The van der Waals surface area contributed by atoms with Crippen LogP contribution in [-0.4, -0.2) is 4.98 Å². The molecule has 78 valence electrons. The maximum atomic E-state index is 6.11. The molecule has 0 amide bonds. The van der Waals surface area contributed by atoms with E-state index < -0.39 is 0 Å². The van der Waals surface area contributed by atoms with Crippen molar-refractivity contribution < 1.29 is 0 Å². The molecule has 2 nitrogen and oxygen atoms in total. The Morgan fingerprint density at radius 3 is 2.87 bits per heavy atom. The number of nitrogens with zero attached hydrogens (tertiary/aromatic N) is 1. The number of halogens is 1. The van der Waals surface area contributed by atoms with E-state index in [4.69, 9.17) is 5.73 Å². The van der Waals surface area contributed by atoms with Gasteiger partial charge < -0.3 is 5.73 Å². The largest absolute Gasteiger partial charge is 0.323 e. The summed E-state index contributed by atoms with van der Waals surface area (Å²) in [4.78, 5) is 5.45. The fourth-order valence-corrected chi connectivity index (χ4v) is 3.08. The van der Waals surface area contributed by atoms with Crippen molar-refractivity contribution in [3.8, 4) is 0 Å². The van der Waals surface area contributed by atoms with Crippen LogP contribution in [0.15, 0.2) is 40.3 Å². The van der Waals surface area contributed by atoms with Crippen LogP contribution in [0.5, 0.6) is 0 Å². The molecular weight excluding hydrogens is 272 g/mol. The van der Waals surface area contributed by atoms with Gasteiger partial charge in [0.1, 0.15) is 0 Å². The maximum Gasteiger partial charge on any atom is 0.0457 e. The summed E-state index contributed by atoms with van der Waals surface area (Å²) < 4.78 is 1.09. The molecule has 4 heteroatoms. The first-order valence-corrected chi connectivity index (χ1v) is 6.33. The smallest absolute Gasteiger partial charge is 0.0457 e. The van der Waals surface area contributed by atoms with Crippen LogP contribution in [0.4, 0.5) is 0 Å². The minimum Gasteiger partial charge on any atom is -0.323 e. The molecule has 2 aromatic rings. The van der Waals surface area contributed by atoms with Crippen molar-refractivity contribution in [1.82, 2.24) is 4.98 Å². The van der Waals surface area contributed by atoms with Gasteiger partial charge in [0.15, 0.2) is 0 Å². The fourth-order valence-electron chi connectivity index (χ4n) is 1.41. The Morgan fingerprint density at radius 1 is 1.40 bits per heavy atom. The highest BCUT2D eigenvalue weighted by Gasteiger charge is 2.12. The van der Waals surface area contributed by atoms with Crippen LogP contribution in [0.3, 0.4) is 0 Å². The zero-order valence-corrected chi connectivity index (χ0v) is 10.5. The van der Waals surface area contributed by atoms with E-state index in [0.29, 0.717) is 0 Å². The summed E-state index contributed by atoms with van der Waals surface area (Å²) in [6.07, 6.45) is 2.57. The van der Waals surface area contributed by atoms with Gasteiger partial charge in [0.25, 0.3) is 0 Å².